The lowest BCUT2D eigenvalue weighted by molar-refractivity contribution is 0.102. The first-order valence-electron chi connectivity index (χ1n) is 5.54. The molecular formula is C13H5Cl6NO2. The molecule has 0 bridgehead atoms. The Bertz CT molecular complexity index is 778. The number of aromatic hydroxyl groups is 1. The molecule has 0 radical (unpaired) electrons. The van der Waals surface area contributed by atoms with E-state index in [0.717, 1.165) is 0 Å². The van der Waals surface area contributed by atoms with Crippen molar-refractivity contribution < 1.29 is 9.90 Å². The summed E-state index contributed by atoms with van der Waals surface area (Å²) >= 11 is 35.1. The number of rotatable bonds is 2. The second kappa shape index (κ2) is 6.91. The van der Waals surface area contributed by atoms with Gasteiger partial charge in [-0.15, -0.1) is 0 Å². The third-order valence-electron chi connectivity index (χ3n) is 2.64. The number of hydrogen-bond acceptors (Lipinski definition) is 2. The van der Waals surface area contributed by atoms with E-state index >= 15 is 0 Å². The number of amides is 1. The summed E-state index contributed by atoms with van der Waals surface area (Å²) in [6, 6.07) is 3.94. The molecule has 0 fully saturated rings. The van der Waals surface area contributed by atoms with Crippen LogP contribution in [0.25, 0.3) is 0 Å². The van der Waals surface area contributed by atoms with Gasteiger partial charge in [0.1, 0.15) is 10.8 Å². The third kappa shape index (κ3) is 3.51. The Morgan fingerprint density at radius 1 is 0.818 bits per heavy atom. The largest absolute Gasteiger partial charge is 0.505 e. The van der Waals surface area contributed by atoms with E-state index in [2.05, 4.69) is 5.32 Å². The summed E-state index contributed by atoms with van der Waals surface area (Å²) in [5.41, 5.74) is 0.0456. The molecule has 0 unspecified atom stereocenters. The quantitative estimate of drug-likeness (QED) is 0.427. The minimum Gasteiger partial charge on any atom is -0.505 e. The minimum atomic E-state index is -0.696. The number of phenolic OH excluding ortho intramolecular Hbond substituents is 1. The van der Waals surface area contributed by atoms with Crippen molar-refractivity contribution in [2.45, 2.75) is 0 Å². The second-order valence-electron chi connectivity index (χ2n) is 4.08. The Morgan fingerprint density at radius 2 is 1.41 bits per heavy atom. The summed E-state index contributed by atoms with van der Waals surface area (Å²) in [5.74, 6) is -1.19. The zero-order valence-corrected chi connectivity index (χ0v) is 14.9. The van der Waals surface area contributed by atoms with Crippen LogP contribution in [0, 0.1) is 0 Å². The Labute approximate surface area is 155 Å². The van der Waals surface area contributed by atoms with Gasteiger partial charge in [0.25, 0.3) is 5.91 Å². The summed E-state index contributed by atoms with van der Waals surface area (Å²) in [5, 5.41) is 12.7. The summed E-state index contributed by atoms with van der Waals surface area (Å²) < 4.78 is 0. The van der Waals surface area contributed by atoms with Crippen molar-refractivity contribution in [2.75, 3.05) is 5.32 Å². The maximum Gasteiger partial charge on any atom is 0.259 e. The molecule has 0 aliphatic rings. The molecule has 0 heterocycles. The number of anilines is 1. The monoisotopic (exact) mass is 417 g/mol. The lowest BCUT2D eigenvalue weighted by atomic mass is 10.1. The van der Waals surface area contributed by atoms with Gasteiger partial charge in [-0.05, 0) is 18.2 Å². The van der Waals surface area contributed by atoms with Crippen LogP contribution in [-0.4, -0.2) is 11.0 Å². The van der Waals surface area contributed by atoms with Crippen molar-refractivity contribution in [1.82, 2.24) is 0 Å². The average molecular weight is 420 g/mol. The number of nitrogens with one attached hydrogen (secondary N) is 1. The van der Waals surface area contributed by atoms with Crippen molar-refractivity contribution in [3.05, 3.63) is 53.9 Å². The van der Waals surface area contributed by atoms with Crippen LogP contribution in [0.3, 0.4) is 0 Å². The molecule has 22 heavy (non-hydrogen) atoms. The summed E-state index contributed by atoms with van der Waals surface area (Å²) in [6.07, 6.45) is 0. The molecule has 2 rings (SSSR count). The molecule has 9 heteroatoms. The topological polar surface area (TPSA) is 49.3 Å². The molecule has 2 aromatic carbocycles. The van der Waals surface area contributed by atoms with Gasteiger partial charge in [0, 0.05) is 0 Å². The van der Waals surface area contributed by atoms with Crippen LogP contribution in [0.1, 0.15) is 10.4 Å². The summed E-state index contributed by atoms with van der Waals surface area (Å²) in [7, 11) is 0. The fourth-order valence-corrected chi connectivity index (χ4v) is 2.76. The van der Waals surface area contributed by atoms with Crippen LogP contribution in [0.15, 0.2) is 18.2 Å². The Morgan fingerprint density at radius 3 is 2.05 bits per heavy atom. The number of hydrogen-bond donors (Lipinski definition) is 2. The zero-order chi connectivity index (χ0) is 16.6. The van der Waals surface area contributed by atoms with E-state index in [-0.39, 0.29) is 41.4 Å². The molecule has 0 atom stereocenters. The molecule has 2 N–H and O–H groups in total. The highest BCUT2D eigenvalue weighted by atomic mass is 35.5. The van der Waals surface area contributed by atoms with Crippen molar-refractivity contribution in [1.29, 1.82) is 0 Å². The van der Waals surface area contributed by atoms with Gasteiger partial charge in [-0.1, -0.05) is 69.6 Å². The molecular weight excluding hydrogens is 415 g/mol. The van der Waals surface area contributed by atoms with Gasteiger partial charge in [0.2, 0.25) is 0 Å². The fraction of sp³-hybridized carbons (Fsp3) is 0. The second-order valence-corrected chi connectivity index (χ2v) is 6.47. The van der Waals surface area contributed by atoms with Gasteiger partial charge >= 0.3 is 0 Å². The lowest BCUT2D eigenvalue weighted by Crippen LogP contribution is -2.13. The zero-order valence-electron chi connectivity index (χ0n) is 10.4. The maximum absolute atomic E-state index is 12.2. The molecule has 0 saturated carbocycles. The molecule has 0 aromatic heterocycles. The molecule has 3 nitrogen and oxygen atoms in total. The first-order chi connectivity index (χ1) is 10.2. The first kappa shape index (κ1) is 17.8. The highest BCUT2D eigenvalue weighted by Crippen LogP contribution is 2.40. The Hall–Kier alpha value is -0.550. The van der Waals surface area contributed by atoms with Gasteiger partial charge in [-0.3, -0.25) is 4.79 Å². The van der Waals surface area contributed by atoms with Crippen LogP contribution >= 0.6 is 69.6 Å². The van der Waals surface area contributed by atoms with Gasteiger partial charge in [-0.2, -0.15) is 0 Å². The lowest BCUT2D eigenvalue weighted by Gasteiger charge is -2.11. The number of carbonyl (C=O) groups excluding carboxylic acids is 1. The van der Waals surface area contributed by atoms with Crippen LogP contribution in [0.2, 0.25) is 30.1 Å². The Balaban J connectivity index is 2.41. The number of carbonyl (C=O) groups is 1. The van der Waals surface area contributed by atoms with Crippen LogP contribution in [0.5, 0.6) is 5.75 Å². The van der Waals surface area contributed by atoms with E-state index in [0.29, 0.717) is 0 Å². The van der Waals surface area contributed by atoms with E-state index < -0.39 is 11.7 Å². The van der Waals surface area contributed by atoms with E-state index in [1.165, 1.54) is 18.2 Å². The van der Waals surface area contributed by atoms with Crippen LogP contribution < -0.4 is 5.32 Å². The van der Waals surface area contributed by atoms with Gasteiger partial charge < -0.3 is 10.4 Å². The minimum absolute atomic E-state index is 0.0230. The highest BCUT2D eigenvalue weighted by Gasteiger charge is 2.20. The number of benzene rings is 2. The highest BCUT2D eigenvalue weighted by molar-refractivity contribution is 6.49. The fourth-order valence-electron chi connectivity index (χ4n) is 1.57. The Kier molecular flexibility index (Phi) is 5.59. The van der Waals surface area contributed by atoms with Crippen LogP contribution in [-0.2, 0) is 0 Å². The smallest absolute Gasteiger partial charge is 0.259 e. The summed E-state index contributed by atoms with van der Waals surface area (Å²) in [6.45, 7) is 0. The van der Waals surface area contributed by atoms with Crippen molar-refractivity contribution in [3.8, 4) is 5.75 Å². The molecule has 0 aliphatic carbocycles. The first-order valence-corrected chi connectivity index (χ1v) is 7.81. The van der Waals surface area contributed by atoms with Gasteiger partial charge in [0.15, 0.2) is 0 Å². The van der Waals surface area contributed by atoms with E-state index in [1.54, 1.807) is 0 Å². The molecule has 116 valence electrons. The van der Waals surface area contributed by atoms with Crippen molar-refractivity contribution in [3.63, 3.8) is 0 Å². The maximum atomic E-state index is 12.2. The molecule has 0 aliphatic heterocycles. The van der Waals surface area contributed by atoms with Crippen molar-refractivity contribution >= 4 is 81.2 Å². The molecule has 1 amide bonds. The van der Waals surface area contributed by atoms with E-state index in [1.807, 2.05) is 0 Å². The van der Waals surface area contributed by atoms with Crippen molar-refractivity contribution in [2.24, 2.45) is 0 Å². The standard InChI is InChI=1S/C13H5Cl6NO2/c14-5-2-7(16)9(3-6(5)15)20-13(22)4-1-8(17)10(18)11(19)12(4)21/h1-3,21H,(H,20,22). The molecule has 0 saturated heterocycles. The van der Waals surface area contributed by atoms with Gasteiger partial charge in [-0.25, -0.2) is 0 Å². The average Bonchev–Trinajstić information content (AvgIpc) is 2.46. The number of phenols is 1. The normalized spacial score (nSPS) is 10.6. The molecule has 0 spiro atoms. The SMILES string of the molecule is O=C(Nc1cc(Cl)c(Cl)cc1Cl)c1cc(Cl)c(Cl)c(Cl)c1O. The third-order valence-corrected chi connectivity index (χ3v) is 4.93. The predicted octanol–water partition coefficient (Wildman–Crippen LogP) is 6.56. The summed E-state index contributed by atoms with van der Waals surface area (Å²) in [4.78, 5) is 12.2. The van der Waals surface area contributed by atoms with Crippen LogP contribution in [0.4, 0.5) is 5.69 Å². The molecule has 2 aromatic rings. The predicted molar refractivity (Wildman–Crippen MR) is 92.6 cm³/mol. The van der Waals surface area contributed by atoms with E-state index in [9.17, 15) is 9.90 Å². The van der Waals surface area contributed by atoms with E-state index in [4.69, 9.17) is 69.6 Å². The van der Waals surface area contributed by atoms with Gasteiger partial charge in [0.05, 0.1) is 36.4 Å². The number of halogens is 6.